The number of carboxylic acid groups (broad SMARTS) is 1. The van der Waals surface area contributed by atoms with Crippen LogP contribution in [-0.4, -0.2) is 47.3 Å². The topological polar surface area (TPSA) is 49.8 Å². The van der Waals surface area contributed by atoms with E-state index in [0.29, 0.717) is 12.0 Å². The molecule has 4 atom stereocenters. The van der Waals surface area contributed by atoms with Crippen molar-refractivity contribution >= 4 is 5.97 Å². The molecule has 2 aliphatic heterocycles. The monoisotopic (exact) mass is 241 g/mol. The Labute approximate surface area is 103 Å². The Morgan fingerprint density at radius 2 is 2.12 bits per heavy atom. The fourth-order valence-corrected chi connectivity index (χ4v) is 2.95. The van der Waals surface area contributed by atoms with E-state index >= 15 is 0 Å². The number of nitrogens with zero attached hydrogens (tertiary/aromatic N) is 1. The van der Waals surface area contributed by atoms with Gasteiger partial charge in [-0.1, -0.05) is 6.92 Å². The minimum Gasteiger partial charge on any atom is -0.480 e. The zero-order valence-electron chi connectivity index (χ0n) is 10.8. The summed E-state index contributed by atoms with van der Waals surface area (Å²) in [6.45, 7) is 5.91. The first-order chi connectivity index (χ1) is 8.06. The minimum atomic E-state index is -0.678. The maximum Gasteiger partial charge on any atom is 0.320 e. The van der Waals surface area contributed by atoms with Crippen LogP contribution in [-0.2, 0) is 9.53 Å². The molecule has 0 saturated carbocycles. The van der Waals surface area contributed by atoms with Crippen molar-refractivity contribution < 1.29 is 14.6 Å². The Kier molecular flexibility index (Phi) is 4.05. The quantitative estimate of drug-likeness (QED) is 0.817. The molecule has 2 aliphatic rings. The van der Waals surface area contributed by atoms with Gasteiger partial charge in [-0.25, -0.2) is 0 Å². The van der Waals surface area contributed by atoms with E-state index in [1.165, 1.54) is 0 Å². The smallest absolute Gasteiger partial charge is 0.320 e. The van der Waals surface area contributed by atoms with Gasteiger partial charge in [0.15, 0.2) is 0 Å². The Morgan fingerprint density at radius 3 is 2.71 bits per heavy atom. The second kappa shape index (κ2) is 5.36. The summed E-state index contributed by atoms with van der Waals surface area (Å²) in [5.74, 6) is -0.154. The normalized spacial score (nSPS) is 39.4. The SMILES string of the molecule is CC1CCN(CC2CCC(C)O2)C(C(=O)O)C1. The largest absolute Gasteiger partial charge is 0.480 e. The van der Waals surface area contributed by atoms with Crippen LogP contribution in [0, 0.1) is 5.92 Å². The van der Waals surface area contributed by atoms with Crippen molar-refractivity contribution in [3.8, 4) is 0 Å². The van der Waals surface area contributed by atoms with Crippen molar-refractivity contribution in [1.82, 2.24) is 4.90 Å². The number of rotatable bonds is 3. The summed E-state index contributed by atoms with van der Waals surface area (Å²) < 4.78 is 5.78. The molecule has 0 aromatic carbocycles. The lowest BCUT2D eigenvalue weighted by Crippen LogP contribution is -2.49. The van der Waals surface area contributed by atoms with Crippen LogP contribution in [0.15, 0.2) is 0 Å². The number of piperidine rings is 1. The summed E-state index contributed by atoms with van der Waals surface area (Å²) in [7, 11) is 0. The van der Waals surface area contributed by atoms with Crippen LogP contribution in [0.4, 0.5) is 0 Å². The predicted octanol–water partition coefficient (Wildman–Crippen LogP) is 1.74. The van der Waals surface area contributed by atoms with Gasteiger partial charge in [0, 0.05) is 6.54 Å². The summed E-state index contributed by atoms with van der Waals surface area (Å²) in [6, 6.07) is -0.307. The molecule has 2 fully saturated rings. The first kappa shape index (κ1) is 12.8. The van der Waals surface area contributed by atoms with Gasteiger partial charge >= 0.3 is 5.97 Å². The van der Waals surface area contributed by atoms with Gasteiger partial charge < -0.3 is 9.84 Å². The van der Waals surface area contributed by atoms with Crippen LogP contribution in [0.3, 0.4) is 0 Å². The third-order valence-corrected chi connectivity index (χ3v) is 4.02. The van der Waals surface area contributed by atoms with Crippen LogP contribution in [0.5, 0.6) is 0 Å². The standard InChI is InChI=1S/C13H23NO3/c1-9-5-6-14(12(7-9)13(15)16)8-11-4-3-10(2)17-11/h9-12H,3-8H2,1-2H3,(H,15,16). The number of hydrogen-bond acceptors (Lipinski definition) is 3. The number of likely N-dealkylation sites (tertiary alicyclic amines) is 1. The zero-order chi connectivity index (χ0) is 12.4. The maximum atomic E-state index is 11.3. The molecule has 0 bridgehead atoms. The molecule has 4 unspecified atom stereocenters. The lowest BCUT2D eigenvalue weighted by Gasteiger charge is -2.37. The Hall–Kier alpha value is -0.610. The molecular formula is C13H23NO3. The average molecular weight is 241 g/mol. The van der Waals surface area contributed by atoms with Crippen molar-refractivity contribution in [2.45, 2.75) is 57.8 Å². The number of carbonyl (C=O) groups is 1. The molecule has 0 aromatic heterocycles. The summed E-state index contributed by atoms with van der Waals surface area (Å²) >= 11 is 0. The molecule has 0 spiro atoms. The van der Waals surface area contributed by atoms with E-state index < -0.39 is 5.97 Å². The van der Waals surface area contributed by atoms with Crippen molar-refractivity contribution in [2.24, 2.45) is 5.92 Å². The van der Waals surface area contributed by atoms with Crippen molar-refractivity contribution in [1.29, 1.82) is 0 Å². The zero-order valence-corrected chi connectivity index (χ0v) is 10.8. The van der Waals surface area contributed by atoms with Gasteiger partial charge in [-0.2, -0.15) is 0 Å². The summed E-state index contributed by atoms with van der Waals surface area (Å²) in [5, 5.41) is 9.27. The maximum absolute atomic E-state index is 11.3. The van der Waals surface area contributed by atoms with Gasteiger partial charge in [-0.3, -0.25) is 9.69 Å². The highest BCUT2D eigenvalue weighted by Crippen LogP contribution is 2.26. The average Bonchev–Trinajstić information content (AvgIpc) is 2.66. The summed E-state index contributed by atoms with van der Waals surface area (Å²) in [4.78, 5) is 13.4. The van der Waals surface area contributed by atoms with Gasteiger partial charge in [0.1, 0.15) is 6.04 Å². The van der Waals surface area contributed by atoms with E-state index in [1.807, 2.05) is 0 Å². The van der Waals surface area contributed by atoms with E-state index in [1.54, 1.807) is 0 Å². The lowest BCUT2D eigenvalue weighted by molar-refractivity contribution is -0.146. The summed E-state index contributed by atoms with van der Waals surface area (Å²) in [5.41, 5.74) is 0. The van der Waals surface area contributed by atoms with Crippen LogP contribution >= 0.6 is 0 Å². The molecule has 0 aromatic rings. The van der Waals surface area contributed by atoms with E-state index in [0.717, 1.165) is 38.8 Å². The molecule has 1 N–H and O–H groups in total. The number of carboxylic acids is 1. The third kappa shape index (κ3) is 3.19. The van der Waals surface area contributed by atoms with Crippen molar-refractivity contribution in [3.05, 3.63) is 0 Å². The number of hydrogen-bond donors (Lipinski definition) is 1. The molecule has 2 saturated heterocycles. The van der Waals surface area contributed by atoms with Crippen LogP contribution < -0.4 is 0 Å². The first-order valence-electron chi connectivity index (χ1n) is 6.68. The molecule has 17 heavy (non-hydrogen) atoms. The molecular weight excluding hydrogens is 218 g/mol. The summed E-state index contributed by atoms with van der Waals surface area (Å²) in [6.07, 6.45) is 4.63. The second-order valence-corrected chi connectivity index (χ2v) is 5.62. The van der Waals surface area contributed by atoms with Gasteiger partial charge in [-0.15, -0.1) is 0 Å². The van der Waals surface area contributed by atoms with Gasteiger partial charge in [0.05, 0.1) is 12.2 Å². The van der Waals surface area contributed by atoms with Crippen LogP contribution in [0.25, 0.3) is 0 Å². The van der Waals surface area contributed by atoms with Crippen molar-refractivity contribution in [3.63, 3.8) is 0 Å². The molecule has 4 nitrogen and oxygen atoms in total. The fraction of sp³-hybridized carbons (Fsp3) is 0.923. The molecule has 98 valence electrons. The molecule has 2 heterocycles. The molecule has 2 rings (SSSR count). The van der Waals surface area contributed by atoms with Crippen molar-refractivity contribution in [2.75, 3.05) is 13.1 Å². The number of ether oxygens (including phenoxy) is 1. The van der Waals surface area contributed by atoms with E-state index in [9.17, 15) is 9.90 Å². The number of aliphatic carboxylic acids is 1. The highest BCUT2D eigenvalue weighted by molar-refractivity contribution is 5.73. The lowest BCUT2D eigenvalue weighted by atomic mass is 9.92. The first-order valence-corrected chi connectivity index (χ1v) is 6.68. The second-order valence-electron chi connectivity index (χ2n) is 5.62. The van der Waals surface area contributed by atoms with Crippen LogP contribution in [0.2, 0.25) is 0 Å². The van der Waals surface area contributed by atoms with Crippen LogP contribution in [0.1, 0.15) is 39.5 Å². The Balaban J connectivity index is 1.91. The Morgan fingerprint density at radius 1 is 1.35 bits per heavy atom. The van der Waals surface area contributed by atoms with Gasteiger partial charge in [-0.05, 0) is 45.1 Å². The molecule has 0 aliphatic carbocycles. The van der Waals surface area contributed by atoms with E-state index in [2.05, 4.69) is 18.7 Å². The van der Waals surface area contributed by atoms with Gasteiger partial charge in [0.25, 0.3) is 0 Å². The molecule has 0 amide bonds. The van der Waals surface area contributed by atoms with Gasteiger partial charge in [0.2, 0.25) is 0 Å². The van der Waals surface area contributed by atoms with E-state index in [-0.39, 0.29) is 12.1 Å². The highest BCUT2D eigenvalue weighted by atomic mass is 16.5. The Bertz CT molecular complexity index is 282. The minimum absolute atomic E-state index is 0.236. The molecule has 0 radical (unpaired) electrons. The molecule has 4 heteroatoms. The van der Waals surface area contributed by atoms with E-state index in [4.69, 9.17) is 4.74 Å². The predicted molar refractivity (Wildman–Crippen MR) is 65.0 cm³/mol. The highest BCUT2D eigenvalue weighted by Gasteiger charge is 2.34. The fourth-order valence-electron chi connectivity index (χ4n) is 2.95. The third-order valence-electron chi connectivity index (χ3n) is 4.02.